The third-order valence-corrected chi connectivity index (χ3v) is 7.04. The fourth-order valence-corrected chi connectivity index (χ4v) is 5.19. The summed E-state index contributed by atoms with van der Waals surface area (Å²) in [6.07, 6.45) is 5.44. The molecule has 140 valence electrons. The predicted octanol–water partition coefficient (Wildman–Crippen LogP) is 3.00. The smallest absolute Gasteiger partial charge is 0.243 e. The Morgan fingerprint density at radius 2 is 1.96 bits per heavy atom. The third kappa shape index (κ3) is 3.70. The maximum atomic E-state index is 12.8. The minimum atomic E-state index is -3.41. The van der Waals surface area contributed by atoms with E-state index in [2.05, 4.69) is 10.3 Å². The van der Waals surface area contributed by atoms with E-state index in [1.807, 2.05) is 12.1 Å². The molecule has 0 radical (unpaired) electrons. The number of piperidine rings is 1. The van der Waals surface area contributed by atoms with Crippen molar-refractivity contribution in [3.05, 3.63) is 30.3 Å². The zero-order chi connectivity index (χ0) is 18.0. The fourth-order valence-electron chi connectivity index (χ4n) is 3.64. The molecule has 1 N–H and O–H groups in total. The van der Waals surface area contributed by atoms with Crippen LogP contribution >= 0.6 is 0 Å². The summed E-state index contributed by atoms with van der Waals surface area (Å²) >= 11 is 0. The average molecular weight is 375 g/mol. The van der Waals surface area contributed by atoms with Gasteiger partial charge in [0.15, 0.2) is 0 Å². The summed E-state index contributed by atoms with van der Waals surface area (Å²) in [6, 6.07) is 9.02. The largest absolute Gasteiger partial charge is 0.376 e. The van der Waals surface area contributed by atoms with Gasteiger partial charge in [-0.2, -0.15) is 4.31 Å². The number of pyridine rings is 1. The molecule has 0 saturated carbocycles. The van der Waals surface area contributed by atoms with Gasteiger partial charge in [-0.3, -0.25) is 0 Å². The zero-order valence-electron chi connectivity index (χ0n) is 14.9. The lowest BCUT2D eigenvalue weighted by Crippen LogP contribution is -2.35. The van der Waals surface area contributed by atoms with Crippen molar-refractivity contribution in [1.29, 1.82) is 0 Å². The van der Waals surface area contributed by atoms with Crippen LogP contribution in [0.25, 0.3) is 10.9 Å². The minimum absolute atomic E-state index is 0.254. The van der Waals surface area contributed by atoms with Crippen molar-refractivity contribution >= 4 is 26.7 Å². The lowest BCUT2D eigenvalue weighted by atomic mass is 10.2. The van der Waals surface area contributed by atoms with Crippen molar-refractivity contribution < 1.29 is 13.2 Å². The van der Waals surface area contributed by atoms with Crippen molar-refractivity contribution in [3.63, 3.8) is 0 Å². The Kier molecular flexibility index (Phi) is 5.11. The summed E-state index contributed by atoms with van der Waals surface area (Å²) in [5, 5.41) is 4.15. The van der Waals surface area contributed by atoms with Crippen molar-refractivity contribution in [2.75, 3.05) is 31.6 Å². The van der Waals surface area contributed by atoms with Crippen LogP contribution < -0.4 is 5.32 Å². The third-order valence-electron chi connectivity index (χ3n) is 5.15. The van der Waals surface area contributed by atoms with E-state index >= 15 is 0 Å². The van der Waals surface area contributed by atoms with Crippen LogP contribution in [0.3, 0.4) is 0 Å². The molecule has 0 aliphatic carbocycles. The Morgan fingerprint density at radius 1 is 1.12 bits per heavy atom. The second kappa shape index (κ2) is 7.50. The van der Waals surface area contributed by atoms with Gasteiger partial charge in [0.05, 0.1) is 16.5 Å². The maximum Gasteiger partial charge on any atom is 0.243 e. The monoisotopic (exact) mass is 375 g/mol. The summed E-state index contributed by atoms with van der Waals surface area (Å²) in [5.74, 6) is 0.791. The lowest BCUT2D eigenvalue weighted by molar-refractivity contribution is 0.120. The number of nitrogens with one attached hydrogen (secondary N) is 1. The molecule has 2 fully saturated rings. The number of hydrogen-bond donors (Lipinski definition) is 1. The molecule has 3 heterocycles. The first-order valence-corrected chi connectivity index (χ1v) is 10.8. The number of ether oxygens (including phenoxy) is 1. The summed E-state index contributed by atoms with van der Waals surface area (Å²) in [5.41, 5.74) is 0.792. The van der Waals surface area contributed by atoms with Crippen LogP contribution in [0.2, 0.25) is 0 Å². The number of nitrogens with zero attached hydrogens (tertiary/aromatic N) is 2. The Balaban J connectivity index is 1.52. The summed E-state index contributed by atoms with van der Waals surface area (Å²) in [7, 11) is -3.41. The van der Waals surface area contributed by atoms with Crippen molar-refractivity contribution in [2.24, 2.45) is 0 Å². The standard InChI is InChI=1S/C19H25N3O3S/c23-26(24,22-10-2-1-3-11-22)17-7-8-18-15(13-17)6-9-19(21-18)20-14-16-5-4-12-25-16/h6-9,13,16H,1-5,10-12,14H2,(H,20,21)/t16-/m0/s1. The van der Waals surface area contributed by atoms with Gasteiger partial charge in [-0.15, -0.1) is 0 Å². The van der Waals surface area contributed by atoms with E-state index in [-0.39, 0.29) is 6.10 Å². The Hall–Kier alpha value is -1.70. The average Bonchev–Trinajstić information content (AvgIpc) is 3.20. The van der Waals surface area contributed by atoms with Crippen LogP contribution in [0.5, 0.6) is 0 Å². The molecule has 26 heavy (non-hydrogen) atoms. The first-order chi connectivity index (χ1) is 12.6. The molecule has 7 heteroatoms. The Bertz CT molecular complexity index is 873. The van der Waals surface area contributed by atoms with Gasteiger partial charge in [0, 0.05) is 31.6 Å². The second-order valence-electron chi connectivity index (χ2n) is 7.03. The van der Waals surface area contributed by atoms with Crippen molar-refractivity contribution in [2.45, 2.75) is 43.1 Å². The van der Waals surface area contributed by atoms with E-state index in [4.69, 9.17) is 4.74 Å². The molecule has 1 aromatic heterocycles. The van der Waals surface area contributed by atoms with E-state index in [0.29, 0.717) is 18.0 Å². The fraction of sp³-hybridized carbons (Fsp3) is 0.526. The SMILES string of the molecule is O=S(=O)(c1ccc2nc(NC[C@@H]3CCCO3)ccc2c1)N1CCCCC1. The highest BCUT2D eigenvalue weighted by Gasteiger charge is 2.26. The normalized spacial score (nSPS) is 21.9. The molecule has 2 saturated heterocycles. The quantitative estimate of drug-likeness (QED) is 0.870. The van der Waals surface area contributed by atoms with Crippen LogP contribution in [-0.2, 0) is 14.8 Å². The molecule has 1 atom stereocenters. The summed E-state index contributed by atoms with van der Waals surface area (Å²) in [6.45, 7) is 2.82. The van der Waals surface area contributed by atoms with Gasteiger partial charge in [0.1, 0.15) is 5.82 Å². The number of anilines is 1. The zero-order valence-corrected chi connectivity index (χ0v) is 15.7. The van der Waals surface area contributed by atoms with Gasteiger partial charge in [-0.05, 0) is 56.0 Å². The molecule has 0 unspecified atom stereocenters. The number of sulfonamides is 1. The van der Waals surface area contributed by atoms with Gasteiger partial charge < -0.3 is 10.1 Å². The minimum Gasteiger partial charge on any atom is -0.376 e. The number of benzene rings is 1. The highest BCUT2D eigenvalue weighted by atomic mass is 32.2. The van der Waals surface area contributed by atoms with Crippen LogP contribution in [0.4, 0.5) is 5.82 Å². The van der Waals surface area contributed by atoms with E-state index in [0.717, 1.165) is 62.0 Å². The number of hydrogen-bond acceptors (Lipinski definition) is 5. The van der Waals surface area contributed by atoms with Gasteiger partial charge in [-0.25, -0.2) is 13.4 Å². The van der Waals surface area contributed by atoms with Crippen molar-refractivity contribution in [3.8, 4) is 0 Å². The molecule has 2 aliphatic rings. The molecule has 4 rings (SSSR count). The highest BCUT2D eigenvalue weighted by molar-refractivity contribution is 7.89. The summed E-state index contributed by atoms with van der Waals surface area (Å²) in [4.78, 5) is 4.95. The number of aromatic nitrogens is 1. The van der Waals surface area contributed by atoms with Crippen LogP contribution in [-0.4, -0.2) is 50.1 Å². The van der Waals surface area contributed by atoms with Gasteiger partial charge in [0.2, 0.25) is 10.0 Å². The molecule has 0 amide bonds. The van der Waals surface area contributed by atoms with Gasteiger partial charge >= 0.3 is 0 Å². The first-order valence-electron chi connectivity index (χ1n) is 9.39. The highest BCUT2D eigenvalue weighted by Crippen LogP contribution is 2.24. The van der Waals surface area contributed by atoms with E-state index in [9.17, 15) is 8.42 Å². The molecular weight excluding hydrogens is 350 g/mol. The van der Waals surface area contributed by atoms with Gasteiger partial charge in [0.25, 0.3) is 0 Å². The van der Waals surface area contributed by atoms with Crippen LogP contribution in [0.15, 0.2) is 35.2 Å². The lowest BCUT2D eigenvalue weighted by Gasteiger charge is -2.25. The maximum absolute atomic E-state index is 12.8. The second-order valence-corrected chi connectivity index (χ2v) is 8.97. The summed E-state index contributed by atoms with van der Waals surface area (Å²) < 4.78 is 32.9. The van der Waals surface area contributed by atoms with Crippen LogP contribution in [0.1, 0.15) is 32.1 Å². The first kappa shape index (κ1) is 17.7. The number of fused-ring (bicyclic) bond motifs is 1. The van der Waals surface area contributed by atoms with E-state index in [1.54, 1.807) is 22.5 Å². The van der Waals surface area contributed by atoms with Crippen LogP contribution in [0, 0.1) is 0 Å². The van der Waals surface area contributed by atoms with Gasteiger partial charge in [-0.1, -0.05) is 6.42 Å². The topological polar surface area (TPSA) is 71.5 Å². The molecular formula is C19H25N3O3S. The van der Waals surface area contributed by atoms with E-state index in [1.165, 1.54) is 0 Å². The molecule has 2 aliphatic heterocycles. The molecule has 1 aromatic carbocycles. The molecule has 0 spiro atoms. The predicted molar refractivity (Wildman–Crippen MR) is 102 cm³/mol. The Morgan fingerprint density at radius 3 is 2.73 bits per heavy atom. The van der Waals surface area contributed by atoms with E-state index < -0.39 is 10.0 Å². The van der Waals surface area contributed by atoms with Crippen molar-refractivity contribution in [1.82, 2.24) is 9.29 Å². The molecule has 6 nitrogen and oxygen atoms in total. The number of rotatable bonds is 5. The molecule has 2 aromatic rings. The Labute approximate surface area is 154 Å². The molecule has 0 bridgehead atoms.